The lowest BCUT2D eigenvalue weighted by molar-refractivity contribution is 0.0581. The van der Waals surface area contributed by atoms with Crippen LogP contribution in [0.15, 0.2) is 30.5 Å². The van der Waals surface area contributed by atoms with Gasteiger partial charge in [-0.1, -0.05) is 18.2 Å². The first-order chi connectivity index (χ1) is 9.19. The number of para-hydroxylation sites is 1. The molecule has 1 N–H and O–H groups in total. The van der Waals surface area contributed by atoms with Crippen LogP contribution >= 0.6 is 0 Å². The molecule has 1 heterocycles. The number of hydrogen-bond donors (Lipinski definition) is 1. The average molecular weight is 260 g/mol. The van der Waals surface area contributed by atoms with Gasteiger partial charge in [0.2, 0.25) is 0 Å². The van der Waals surface area contributed by atoms with Gasteiger partial charge in [-0.25, -0.2) is 0 Å². The van der Waals surface area contributed by atoms with Gasteiger partial charge in [0, 0.05) is 30.8 Å². The molecule has 1 amide bonds. The number of likely N-dealkylation sites (N-methyl/N-ethyl adjacent to an activating group) is 1. The van der Waals surface area contributed by atoms with Gasteiger partial charge >= 0.3 is 0 Å². The van der Waals surface area contributed by atoms with E-state index in [0.717, 1.165) is 16.5 Å². The molecule has 4 heteroatoms. The van der Waals surface area contributed by atoms with Crippen LogP contribution in [0.1, 0.15) is 24.2 Å². The van der Waals surface area contributed by atoms with Crippen molar-refractivity contribution in [2.45, 2.75) is 19.9 Å². The fourth-order valence-electron chi connectivity index (χ4n) is 2.39. The standard InChI is InChI=1S/C15H20N2O2/c1-4-17(11(2)10-19-3)15(18)13-9-16-14-8-6-5-7-12(13)14/h5-9,11,16H,4,10H2,1-3H3. The van der Waals surface area contributed by atoms with Crippen molar-refractivity contribution in [3.05, 3.63) is 36.0 Å². The number of hydrogen-bond acceptors (Lipinski definition) is 2. The van der Waals surface area contributed by atoms with Crippen LogP contribution in [0.3, 0.4) is 0 Å². The van der Waals surface area contributed by atoms with Crippen molar-refractivity contribution in [1.82, 2.24) is 9.88 Å². The lowest BCUT2D eigenvalue weighted by Gasteiger charge is -2.27. The molecule has 1 unspecified atom stereocenters. The molecule has 0 spiro atoms. The SMILES string of the molecule is CCN(C(=O)c1c[nH]c2ccccc12)C(C)COC. The molecule has 0 saturated heterocycles. The van der Waals surface area contributed by atoms with Gasteiger partial charge in [-0.3, -0.25) is 4.79 Å². The number of methoxy groups -OCH3 is 1. The van der Waals surface area contributed by atoms with Crippen molar-refractivity contribution in [2.24, 2.45) is 0 Å². The lowest BCUT2D eigenvalue weighted by atomic mass is 10.1. The molecule has 0 aliphatic rings. The Morgan fingerprint density at radius 2 is 2.16 bits per heavy atom. The summed E-state index contributed by atoms with van der Waals surface area (Å²) in [5.41, 5.74) is 1.71. The molecule has 1 aromatic carbocycles. The van der Waals surface area contributed by atoms with E-state index in [1.165, 1.54) is 0 Å². The van der Waals surface area contributed by atoms with E-state index in [0.29, 0.717) is 13.2 Å². The third kappa shape index (κ3) is 2.63. The fourth-order valence-corrected chi connectivity index (χ4v) is 2.39. The Kier molecular flexibility index (Phi) is 4.22. The van der Waals surface area contributed by atoms with E-state index in [2.05, 4.69) is 4.98 Å². The highest BCUT2D eigenvalue weighted by atomic mass is 16.5. The quantitative estimate of drug-likeness (QED) is 0.898. The summed E-state index contributed by atoms with van der Waals surface area (Å²) in [6.45, 7) is 5.20. The Morgan fingerprint density at radius 3 is 2.84 bits per heavy atom. The van der Waals surface area contributed by atoms with E-state index in [1.54, 1.807) is 13.3 Å². The third-order valence-electron chi connectivity index (χ3n) is 3.36. The Balaban J connectivity index is 2.32. The number of H-pyrrole nitrogens is 1. The van der Waals surface area contributed by atoms with Crippen molar-refractivity contribution in [2.75, 3.05) is 20.3 Å². The normalized spacial score (nSPS) is 12.6. The first kappa shape index (κ1) is 13.6. The van der Waals surface area contributed by atoms with Gasteiger partial charge in [-0.2, -0.15) is 0 Å². The van der Waals surface area contributed by atoms with Crippen LogP contribution in [0.4, 0.5) is 0 Å². The molecule has 19 heavy (non-hydrogen) atoms. The second kappa shape index (κ2) is 5.89. The molecule has 0 aliphatic heterocycles. The van der Waals surface area contributed by atoms with Gasteiger partial charge in [-0.05, 0) is 19.9 Å². The summed E-state index contributed by atoms with van der Waals surface area (Å²) in [4.78, 5) is 17.6. The predicted octanol–water partition coefficient (Wildman–Crippen LogP) is 2.66. The summed E-state index contributed by atoms with van der Waals surface area (Å²) in [5.74, 6) is 0.0458. The number of carbonyl (C=O) groups is 1. The third-order valence-corrected chi connectivity index (χ3v) is 3.36. The van der Waals surface area contributed by atoms with Crippen molar-refractivity contribution in [3.8, 4) is 0 Å². The monoisotopic (exact) mass is 260 g/mol. The first-order valence-corrected chi connectivity index (χ1v) is 6.55. The summed E-state index contributed by atoms with van der Waals surface area (Å²) in [7, 11) is 1.65. The van der Waals surface area contributed by atoms with Gasteiger partial charge < -0.3 is 14.6 Å². The maximum absolute atomic E-state index is 12.6. The minimum atomic E-state index is 0.0458. The Bertz CT molecular complexity index is 562. The summed E-state index contributed by atoms with van der Waals surface area (Å²) in [5, 5.41) is 0.968. The van der Waals surface area contributed by atoms with E-state index in [9.17, 15) is 4.79 Å². The number of nitrogens with one attached hydrogen (secondary N) is 1. The number of aromatic amines is 1. The maximum Gasteiger partial charge on any atom is 0.256 e. The van der Waals surface area contributed by atoms with Crippen LogP contribution in [0, 0.1) is 0 Å². The Labute approximate surface area is 113 Å². The van der Waals surface area contributed by atoms with E-state index >= 15 is 0 Å². The van der Waals surface area contributed by atoms with E-state index < -0.39 is 0 Å². The van der Waals surface area contributed by atoms with Gasteiger partial charge in [0.15, 0.2) is 0 Å². The Hall–Kier alpha value is -1.81. The molecular formula is C15H20N2O2. The van der Waals surface area contributed by atoms with E-state index in [4.69, 9.17) is 4.74 Å². The largest absolute Gasteiger partial charge is 0.383 e. The molecule has 0 aliphatic carbocycles. The molecule has 102 valence electrons. The number of fused-ring (bicyclic) bond motifs is 1. The molecule has 1 atom stereocenters. The highest BCUT2D eigenvalue weighted by Crippen LogP contribution is 2.20. The summed E-state index contributed by atoms with van der Waals surface area (Å²) < 4.78 is 5.14. The molecule has 0 radical (unpaired) electrons. The number of amides is 1. The second-order valence-electron chi connectivity index (χ2n) is 4.64. The Morgan fingerprint density at radius 1 is 1.42 bits per heavy atom. The van der Waals surface area contributed by atoms with Gasteiger partial charge in [0.05, 0.1) is 18.2 Å². The van der Waals surface area contributed by atoms with E-state index in [-0.39, 0.29) is 11.9 Å². The minimum Gasteiger partial charge on any atom is -0.383 e. The number of rotatable bonds is 5. The predicted molar refractivity (Wildman–Crippen MR) is 76.3 cm³/mol. The van der Waals surface area contributed by atoms with Crippen LogP contribution in [0.5, 0.6) is 0 Å². The summed E-state index contributed by atoms with van der Waals surface area (Å²) in [6.07, 6.45) is 1.79. The number of benzene rings is 1. The number of ether oxygens (including phenoxy) is 1. The topological polar surface area (TPSA) is 45.3 Å². The smallest absolute Gasteiger partial charge is 0.256 e. The average Bonchev–Trinajstić information content (AvgIpc) is 2.83. The molecule has 1 aromatic heterocycles. The highest BCUT2D eigenvalue weighted by molar-refractivity contribution is 6.06. The van der Waals surface area contributed by atoms with Crippen LogP contribution < -0.4 is 0 Å². The van der Waals surface area contributed by atoms with Crippen LogP contribution in [0.25, 0.3) is 10.9 Å². The molecule has 0 bridgehead atoms. The fraction of sp³-hybridized carbons (Fsp3) is 0.400. The summed E-state index contributed by atoms with van der Waals surface area (Å²) >= 11 is 0. The lowest BCUT2D eigenvalue weighted by Crippen LogP contribution is -2.40. The van der Waals surface area contributed by atoms with Crippen LogP contribution in [-0.2, 0) is 4.74 Å². The van der Waals surface area contributed by atoms with Crippen molar-refractivity contribution in [3.63, 3.8) is 0 Å². The van der Waals surface area contributed by atoms with Gasteiger partial charge in [0.25, 0.3) is 5.91 Å². The molecule has 2 rings (SSSR count). The minimum absolute atomic E-state index is 0.0458. The van der Waals surface area contributed by atoms with Gasteiger partial charge in [0.1, 0.15) is 0 Å². The number of carbonyl (C=O) groups excluding carboxylic acids is 1. The molecular weight excluding hydrogens is 240 g/mol. The van der Waals surface area contributed by atoms with Crippen molar-refractivity contribution in [1.29, 1.82) is 0 Å². The second-order valence-corrected chi connectivity index (χ2v) is 4.64. The zero-order valence-corrected chi connectivity index (χ0v) is 11.6. The van der Waals surface area contributed by atoms with Crippen LogP contribution in [-0.4, -0.2) is 42.1 Å². The van der Waals surface area contributed by atoms with E-state index in [1.807, 2.05) is 43.0 Å². The van der Waals surface area contributed by atoms with Gasteiger partial charge in [-0.15, -0.1) is 0 Å². The zero-order valence-electron chi connectivity index (χ0n) is 11.6. The van der Waals surface area contributed by atoms with Crippen molar-refractivity contribution >= 4 is 16.8 Å². The molecule has 0 saturated carbocycles. The highest BCUT2D eigenvalue weighted by Gasteiger charge is 2.22. The van der Waals surface area contributed by atoms with Crippen LogP contribution in [0.2, 0.25) is 0 Å². The number of aromatic nitrogens is 1. The summed E-state index contributed by atoms with van der Waals surface area (Å²) in [6, 6.07) is 7.91. The molecule has 0 fully saturated rings. The molecule has 2 aromatic rings. The van der Waals surface area contributed by atoms with Crippen molar-refractivity contribution < 1.29 is 9.53 Å². The molecule has 4 nitrogen and oxygen atoms in total. The maximum atomic E-state index is 12.6. The number of nitrogens with zero attached hydrogens (tertiary/aromatic N) is 1. The first-order valence-electron chi connectivity index (χ1n) is 6.55. The zero-order chi connectivity index (χ0) is 13.8.